The van der Waals surface area contributed by atoms with Crippen molar-refractivity contribution in [2.24, 2.45) is 0 Å². The third kappa shape index (κ3) is 4.41. The number of ether oxygens (including phenoxy) is 1. The smallest absolute Gasteiger partial charge is 0.194 e. The maximum absolute atomic E-state index is 6.16. The third-order valence-electron chi connectivity index (χ3n) is 7.11. The van der Waals surface area contributed by atoms with Gasteiger partial charge in [0.1, 0.15) is 17.5 Å². The number of thiocarbonyl (C=S) groups is 1. The molecule has 1 saturated heterocycles. The van der Waals surface area contributed by atoms with Crippen LogP contribution in [0.2, 0.25) is 0 Å². The molecule has 0 amide bonds. The number of pyridine rings is 1. The number of para-hydroxylation sites is 2. The summed E-state index contributed by atoms with van der Waals surface area (Å²) < 4.78 is 9.48. The van der Waals surface area contributed by atoms with Crippen molar-refractivity contribution in [3.63, 3.8) is 0 Å². The number of nitrogens with one attached hydrogen (secondary N) is 1. The summed E-state index contributed by atoms with van der Waals surface area (Å²) in [5, 5.41) is 5.12. The summed E-state index contributed by atoms with van der Waals surface area (Å²) >= 11 is 7.63. The van der Waals surface area contributed by atoms with Crippen molar-refractivity contribution in [3.05, 3.63) is 132 Å². The molecule has 40 heavy (non-hydrogen) atoms. The van der Waals surface area contributed by atoms with E-state index in [1.165, 1.54) is 0 Å². The number of hydrogen-bond acceptors (Lipinski definition) is 5. The van der Waals surface area contributed by atoms with E-state index in [-0.39, 0.29) is 12.1 Å². The highest BCUT2D eigenvalue weighted by Crippen LogP contribution is 2.43. The van der Waals surface area contributed by atoms with Gasteiger partial charge in [-0.3, -0.25) is 9.55 Å². The van der Waals surface area contributed by atoms with Crippen molar-refractivity contribution in [2.75, 3.05) is 4.90 Å². The fourth-order valence-electron chi connectivity index (χ4n) is 5.18. The molecule has 6 nitrogen and oxygen atoms in total. The van der Waals surface area contributed by atoms with Crippen molar-refractivity contribution < 1.29 is 4.74 Å². The van der Waals surface area contributed by atoms with E-state index in [0.29, 0.717) is 5.11 Å². The first kappa shape index (κ1) is 24.5. The highest BCUT2D eigenvalue weighted by molar-refractivity contribution is 7.80. The van der Waals surface area contributed by atoms with Crippen LogP contribution < -0.4 is 15.0 Å². The zero-order valence-electron chi connectivity index (χ0n) is 21.6. The molecule has 1 aliphatic rings. The van der Waals surface area contributed by atoms with Crippen molar-refractivity contribution in [2.45, 2.75) is 19.0 Å². The quantitative estimate of drug-likeness (QED) is 0.211. The summed E-state index contributed by atoms with van der Waals surface area (Å²) in [6, 6.07) is 34.2. The molecule has 0 unspecified atom stereocenters. The van der Waals surface area contributed by atoms with Gasteiger partial charge >= 0.3 is 0 Å². The molecule has 1 aliphatic heterocycles. The standard InChI is InChI=1S/C32H25N5OS2/c1-21-9-2-4-13-27(21)38-23-17-15-22(16-18-23)37-30(29(35-31(37)39)25-11-6-7-19-33-25)26-12-8-20-36(26)32-34-24-10-3-5-14-28(24)40-32/h2-20,29-30H,1H3,(H,35,39)/t29-,30+/m1/s1. The van der Waals surface area contributed by atoms with Gasteiger partial charge in [-0.15, -0.1) is 0 Å². The lowest BCUT2D eigenvalue weighted by Crippen LogP contribution is -2.30. The van der Waals surface area contributed by atoms with Gasteiger partial charge in [0, 0.05) is 18.1 Å². The molecule has 0 radical (unpaired) electrons. The molecule has 1 fully saturated rings. The predicted molar refractivity (Wildman–Crippen MR) is 165 cm³/mol. The van der Waals surface area contributed by atoms with E-state index in [0.717, 1.165) is 49.5 Å². The Morgan fingerprint density at radius 1 is 0.875 bits per heavy atom. The molecule has 0 bridgehead atoms. The van der Waals surface area contributed by atoms with Crippen LogP contribution in [0.5, 0.6) is 11.5 Å². The van der Waals surface area contributed by atoms with Crippen LogP contribution in [0.25, 0.3) is 15.3 Å². The molecule has 0 spiro atoms. The normalized spacial score (nSPS) is 16.8. The summed E-state index contributed by atoms with van der Waals surface area (Å²) in [6.07, 6.45) is 3.89. The molecule has 8 heteroatoms. The fourth-order valence-corrected chi connectivity index (χ4v) is 6.49. The summed E-state index contributed by atoms with van der Waals surface area (Å²) in [7, 11) is 0. The first-order valence-electron chi connectivity index (χ1n) is 13.0. The van der Waals surface area contributed by atoms with Gasteiger partial charge in [-0.05, 0) is 91.4 Å². The number of aryl methyl sites for hydroxylation is 1. The van der Waals surface area contributed by atoms with Gasteiger partial charge in [-0.1, -0.05) is 47.7 Å². The van der Waals surface area contributed by atoms with Gasteiger partial charge in [0.15, 0.2) is 10.2 Å². The van der Waals surface area contributed by atoms with Crippen LogP contribution in [0.1, 0.15) is 29.0 Å². The second-order valence-electron chi connectivity index (χ2n) is 9.63. The highest BCUT2D eigenvalue weighted by atomic mass is 32.1. The van der Waals surface area contributed by atoms with E-state index in [2.05, 4.69) is 51.3 Å². The van der Waals surface area contributed by atoms with Crippen molar-refractivity contribution in [3.8, 4) is 16.6 Å². The Balaban J connectivity index is 1.29. The molecule has 0 aliphatic carbocycles. The Bertz CT molecular complexity index is 1780. The minimum absolute atomic E-state index is 0.153. The maximum Gasteiger partial charge on any atom is 0.194 e. The molecule has 7 rings (SSSR count). The molecule has 0 saturated carbocycles. The van der Waals surface area contributed by atoms with Gasteiger partial charge in [-0.25, -0.2) is 4.98 Å². The monoisotopic (exact) mass is 559 g/mol. The number of benzene rings is 3. The van der Waals surface area contributed by atoms with Crippen LogP contribution in [0, 0.1) is 6.92 Å². The second kappa shape index (κ2) is 10.2. The van der Waals surface area contributed by atoms with Gasteiger partial charge < -0.3 is 15.0 Å². The number of thiazole rings is 1. The van der Waals surface area contributed by atoms with Crippen LogP contribution in [0.3, 0.4) is 0 Å². The maximum atomic E-state index is 6.16. The van der Waals surface area contributed by atoms with E-state index in [1.54, 1.807) is 11.3 Å². The molecule has 1 N–H and O–H groups in total. The first-order valence-corrected chi connectivity index (χ1v) is 14.3. The Labute approximate surface area is 241 Å². The van der Waals surface area contributed by atoms with Gasteiger partial charge in [0.05, 0.1) is 27.6 Å². The molecule has 4 heterocycles. The van der Waals surface area contributed by atoms with Crippen LogP contribution >= 0.6 is 23.6 Å². The van der Waals surface area contributed by atoms with Crippen LogP contribution in [-0.4, -0.2) is 19.6 Å². The van der Waals surface area contributed by atoms with Gasteiger partial charge in [-0.2, -0.15) is 0 Å². The van der Waals surface area contributed by atoms with Crippen LogP contribution in [-0.2, 0) is 0 Å². The average Bonchev–Trinajstić information content (AvgIpc) is 3.71. The first-order chi connectivity index (χ1) is 19.7. The third-order valence-corrected chi connectivity index (χ3v) is 8.46. The Morgan fingerprint density at radius 2 is 1.68 bits per heavy atom. The van der Waals surface area contributed by atoms with Gasteiger partial charge in [0.25, 0.3) is 0 Å². The summed E-state index contributed by atoms with van der Waals surface area (Å²) in [5.41, 5.74) is 5.04. The molecule has 2 atom stereocenters. The largest absolute Gasteiger partial charge is 0.457 e. The highest BCUT2D eigenvalue weighted by Gasteiger charge is 2.42. The van der Waals surface area contributed by atoms with E-state index in [4.69, 9.17) is 26.9 Å². The SMILES string of the molecule is Cc1ccccc1Oc1ccc(N2C(=S)N[C@H](c3ccccn3)[C@@H]2c2cccn2-c2nc3ccccc3s2)cc1. The van der Waals surface area contributed by atoms with E-state index in [1.807, 2.05) is 85.9 Å². The number of hydrogen-bond donors (Lipinski definition) is 1. The lowest BCUT2D eigenvalue weighted by atomic mass is 10.0. The van der Waals surface area contributed by atoms with Crippen molar-refractivity contribution in [1.29, 1.82) is 0 Å². The Hall–Kier alpha value is -4.53. The molecular formula is C32H25N5OS2. The van der Waals surface area contributed by atoms with Crippen LogP contribution in [0.4, 0.5) is 5.69 Å². The van der Waals surface area contributed by atoms with E-state index < -0.39 is 0 Å². The van der Waals surface area contributed by atoms with Crippen LogP contribution in [0.15, 0.2) is 116 Å². The Morgan fingerprint density at radius 3 is 2.48 bits per heavy atom. The molecule has 6 aromatic rings. The fraction of sp³-hybridized carbons (Fsp3) is 0.0938. The molecular weight excluding hydrogens is 535 g/mol. The Kier molecular flexibility index (Phi) is 6.26. The van der Waals surface area contributed by atoms with Crippen molar-refractivity contribution >= 4 is 44.6 Å². The number of aromatic nitrogens is 3. The minimum Gasteiger partial charge on any atom is -0.457 e. The topological polar surface area (TPSA) is 55.2 Å². The number of fused-ring (bicyclic) bond motifs is 1. The lowest BCUT2D eigenvalue weighted by Gasteiger charge is -2.28. The average molecular weight is 560 g/mol. The predicted octanol–water partition coefficient (Wildman–Crippen LogP) is 7.76. The lowest BCUT2D eigenvalue weighted by molar-refractivity contribution is 0.479. The van der Waals surface area contributed by atoms with E-state index in [9.17, 15) is 0 Å². The number of nitrogens with zero attached hydrogens (tertiary/aromatic N) is 4. The molecule has 3 aromatic heterocycles. The number of rotatable bonds is 6. The van der Waals surface area contributed by atoms with Crippen molar-refractivity contribution in [1.82, 2.24) is 19.9 Å². The van der Waals surface area contributed by atoms with Gasteiger partial charge in [0.2, 0.25) is 0 Å². The summed E-state index contributed by atoms with van der Waals surface area (Å²) in [6.45, 7) is 2.04. The zero-order valence-corrected chi connectivity index (χ0v) is 23.3. The van der Waals surface area contributed by atoms with E-state index >= 15 is 0 Å². The minimum atomic E-state index is -0.160. The zero-order chi connectivity index (χ0) is 27.1. The molecule has 3 aromatic carbocycles. The summed E-state index contributed by atoms with van der Waals surface area (Å²) in [5.74, 6) is 1.61. The second-order valence-corrected chi connectivity index (χ2v) is 11.0. The molecule has 196 valence electrons. The summed E-state index contributed by atoms with van der Waals surface area (Å²) in [4.78, 5) is 11.8. The number of anilines is 1.